The number of imidazole rings is 1. The highest BCUT2D eigenvalue weighted by Crippen LogP contribution is 2.37. The number of hydrogen-bond acceptors (Lipinski definition) is 6. The number of aromatic nitrogens is 8. The lowest BCUT2D eigenvalue weighted by molar-refractivity contribution is -0.143. The van der Waals surface area contributed by atoms with Crippen LogP contribution in [0.1, 0.15) is 48.7 Å². The summed E-state index contributed by atoms with van der Waals surface area (Å²) in [5.74, 6) is -0.145. The number of tetrazole rings is 1. The number of hydrogen-bond donors (Lipinski definition) is 1. The zero-order valence-corrected chi connectivity index (χ0v) is 21.0. The Morgan fingerprint density at radius 2 is 1.69 bits per heavy atom. The predicted molar refractivity (Wildman–Crippen MR) is 126 cm³/mol. The van der Waals surface area contributed by atoms with E-state index in [1.807, 2.05) is 6.92 Å². The molecule has 0 saturated carbocycles. The number of halogens is 7. The molecular weight excluding hydrogens is 558 g/mol. The van der Waals surface area contributed by atoms with Gasteiger partial charge in [-0.1, -0.05) is 19.4 Å². The Bertz CT molecular complexity index is 1600. The number of alkyl halides is 6. The summed E-state index contributed by atoms with van der Waals surface area (Å²) < 4.78 is 81.3. The molecule has 0 atom stereocenters. The first-order chi connectivity index (χ1) is 18.3. The van der Waals surface area contributed by atoms with Gasteiger partial charge in [-0.15, -0.1) is 10.2 Å². The fraction of sp³-hybridized carbons (Fsp3) is 0.455. The Kier molecular flexibility index (Phi) is 7.86. The van der Waals surface area contributed by atoms with Crippen molar-refractivity contribution in [3.8, 4) is 0 Å². The number of aryl methyl sites for hydroxylation is 2. The lowest BCUT2D eigenvalue weighted by atomic mass is 10.0. The molecule has 0 saturated heterocycles. The van der Waals surface area contributed by atoms with Crippen LogP contribution in [0, 0.1) is 0 Å². The summed E-state index contributed by atoms with van der Waals surface area (Å²) in [4.78, 5) is 33.6. The van der Waals surface area contributed by atoms with Gasteiger partial charge in [0, 0.05) is 19.5 Å². The first-order valence-corrected chi connectivity index (χ1v) is 12.1. The number of benzene rings is 1. The maximum atomic E-state index is 13.4. The summed E-state index contributed by atoms with van der Waals surface area (Å²) in [6.07, 6.45) is -8.83. The topological polar surface area (TPSA) is 116 Å². The van der Waals surface area contributed by atoms with Gasteiger partial charge in [0.25, 0.3) is 5.56 Å². The van der Waals surface area contributed by atoms with Crippen LogP contribution in [-0.2, 0) is 38.4 Å². The molecule has 0 aliphatic rings. The van der Waals surface area contributed by atoms with E-state index in [1.54, 1.807) is 0 Å². The summed E-state index contributed by atoms with van der Waals surface area (Å²) in [5.41, 5.74) is -4.26. The van der Waals surface area contributed by atoms with Crippen LogP contribution in [0.15, 0.2) is 27.8 Å². The summed E-state index contributed by atoms with van der Waals surface area (Å²) in [5, 5.41) is 11.4. The van der Waals surface area contributed by atoms with Crippen LogP contribution in [0.3, 0.4) is 0 Å². The number of nitrogens with one attached hydrogen (secondary N) is 1. The van der Waals surface area contributed by atoms with E-state index in [0.717, 1.165) is 21.9 Å². The quantitative estimate of drug-likeness (QED) is 0.237. The van der Waals surface area contributed by atoms with Gasteiger partial charge in [-0.25, -0.2) is 4.79 Å². The first-order valence-electron chi connectivity index (χ1n) is 11.7. The third kappa shape index (κ3) is 6.15. The van der Waals surface area contributed by atoms with Gasteiger partial charge in [0.1, 0.15) is 0 Å². The SMILES string of the molecule is CCCCn1c(=O)n(CCCn2nnc(Cc3ccc(C(F)(F)F)cc3C(F)(F)F)n2)c(=O)c2[nH]c(Cl)nc21. The molecule has 0 fully saturated rings. The van der Waals surface area contributed by atoms with Gasteiger partial charge in [-0.2, -0.15) is 36.1 Å². The molecule has 0 aliphatic heterocycles. The highest BCUT2D eigenvalue weighted by molar-refractivity contribution is 6.28. The molecule has 4 aromatic rings. The van der Waals surface area contributed by atoms with Crippen molar-refractivity contribution in [2.75, 3.05) is 0 Å². The minimum atomic E-state index is -5.02. The van der Waals surface area contributed by atoms with Gasteiger partial charge in [-0.3, -0.25) is 13.9 Å². The second-order valence-electron chi connectivity index (χ2n) is 8.67. The minimum Gasteiger partial charge on any atom is -0.323 e. The molecule has 1 N–H and O–H groups in total. The maximum absolute atomic E-state index is 13.4. The Balaban J connectivity index is 1.50. The number of H-pyrrole nitrogens is 1. The number of aromatic amines is 1. The lowest BCUT2D eigenvalue weighted by Crippen LogP contribution is -2.40. The van der Waals surface area contributed by atoms with Crippen LogP contribution in [0.4, 0.5) is 26.3 Å². The molecule has 0 radical (unpaired) electrons. The van der Waals surface area contributed by atoms with Gasteiger partial charge < -0.3 is 4.98 Å². The molecule has 210 valence electrons. The Hall–Kier alpha value is -3.69. The van der Waals surface area contributed by atoms with Crippen molar-refractivity contribution in [2.45, 2.75) is 64.6 Å². The highest BCUT2D eigenvalue weighted by atomic mass is 35.5. The second kappa shape index (κ2) is 10.8. The minimum absolute atomic E-state index is 0.0365. The number of unbranched alkanes of at least 4 members (excludes halogenated alkanes) is 1. The fourth-order valence-corrected chi connectivity index (χ4v) is 4.18. The van der Waals surface area contributed by atoms with Crippen LogP contribution >= 0.6 is 11.6 Å². The van der Waals surface area contributed by atoms with Gasteiger partial charge in [0.15, 0.2) is 17.0 Å². The van der Waals surface area contributed by atoms with Crippen LogP contribution in [0.5, 0.6) is 0 Å². The number of nitrogens with zero attached hydrogens (tertiary/aromatic N) is 7. The van der Waals surface area contributed by atoms with Crippen LogP contribution in [0.2, 0.25) is 5.28 Å². The summed E-state index contributed by atoms with van der Waals surface area (Å²) >= 11 is 5.90. The Labute approximate surface area is 220 Å². The van der Waals surface area contributed by atoms with Crippen LogP contribution in [0.25, 0.3) is 11.2 Å². The van der Waals surface area contributed by atoms with E-state index in [4.69, 9.17) is 11.6 Å². The van der Waals surface area contributed by atoms with E-state index >= 15 is 0 Å². The molecule has 0 unspecified atom stereocenters. The summed E-state index contributed by atoms with van der Waals surface area (Å²) in [6.45, 7) is 2.28. The van der Waals surface area contributed by atoms with E-state index in [-0.39, 0.29) is 47.8 Å². The molecule has 4 rings (SSSR count). The molecule has 0 spiro atoms. The van der Waals surface area contributed by atoms with Crippen molar-refractivity contribution in [3.05, 3.63) is 66.8 Å². The van der Waals surface area contributed by atoms with Gasteiger partial charge in [0.2, 0.25) is 5.28 Å². The fourth-order valence-electron chi connectivity index (χ4n) is 4.01. The number of rotatable bonds is 9. The maximum Gasteiger partial charge on any atom is 0.416 e. The monoisotopic (exact) mass is 578 g/mol. The molecule has 3 aromatic heterocycles. The van der Waals surface area contributed by atoms with E-state index < -0.39 is 46.7 Å². The van der Waals surface area contributed by atoms with Crippen LogP contribution < -0.4 is 11.2 Å². The van der Waals surface area contributed by atoms with Crippen molar-refractivity contribution < 1.29 is 26.3 Å². The lowest BCUT2D eigenvalue weighted by Gasteiger charge is -2.15. The zero-order chi connectivity index (χ0) is 28.5. The van der Waals surface area contributed by atoms with Crippen molar-refractivity contribution in [2.24, 2.45) is 0 Å². The third-order valence-corrected chi connectivity index (χ3v) is 6.07. The molecule has 17 heteroatoms. The van der Waals surface area contributed by atoms with Crippen molar-refractivity contribution >= 4 is 22.8 Å². The molecule has 1 aromatic carbocycles. The van der Waals surface area contributed by atoms with Crippen molar-refractivity contribution in [3.63, 3.8) is 0 Å². The van der Waals surface area contributed by atoms with E-state index in [1.165, 1.54) is 4.57 Å². The standard InChI is InChI=1S/C22H21ClF6N8O2/c1-2-3-7-35-17-16(30-19(23)31-17)18(38)36(20(35)39)8-4-9-37-33-15(32-34-37)10-12-5-6-13(21(24,25)26)11-14(12)22(27,28)29/h5-6,11H,2-4,7-10H2,1H3,(H,30,31). The molecule has 10 nitrogen and oxygen atoms in total. The molecule has 3 heterocycles. The largest absolute Gasteiger partial charge is 0.416 e. The average Bonchev–Trinajstić information content (AvgIpc) is 3.46. The normalized spacial score (nSPS) is 12.5. The molecule has 39 heavy (non-hydrogen) atoms. The second-order valence-corrected chi connectivity index (χ2v) is 9.03. The zero-order valence-electron chi connectivity index (χ0n) is 20.3. The van der Waals surface area contributed by atoms with E-state index in [9.17, 15) is 35.9 Å². The van der Waals surface area contributed by atoms with Gasteiger partial charge in [0.05, 0.1) is 17.7 Å². The molecule has 0 bridgehead atoms. The van der Waals surface area contributed by atoms with E-state index in [0.29, 0.717) is 19.0 Å². The van der Waals surface area contributed by atoms with Crippen LogP contribution in [-0.4, -0.2) is 39.3 Å². The summed E-state index contributed by atoms with van der Waals surface area (Å²) in [7, 11) is 0. The van der Waals surface area contributed by atoms with E-state index in [2.05, 4.69) is 25.4 Å². The molecule has 0 amide bonds. The Morgan fingerprint density at radius 3 is 2.36 bits per heavy atom. The predicted octanol–water partition coefficient (Wildman–Crippen LogP) is 4.05. The first kappa shape index (κ1) is 28.3. The number of fused-ring (bicyclic) bond motifs is 1. The highest BCUT2D eigenvalue weighted by Gasteiger charge is 2.38. The van der Waals surface area contributed by atoms with Gasteiger partial charge in [-0.05, 0) is 47.4 Å². The third-order valence-electron chi connectivity index (χ3n) is 5.89. The Morgan fingerprint density at radius 1 is 0.974 bits per heavy atom. The van der Waals surface area contributed by atoms with Crippen molar-refractivity contribution in [1.82, 2.24) is 39.3 Å². The smallest absolute Gasteiger partial charge is 0.323 e. The van der Waals surface area contributed by atoms with Gasteiger partial charge >= 0.3 is 18.0 Å². The average molecular weight is 579 g/mol. The molecule has 0 aliphatic carbocycles. The summed E-state index contributed by atoms with van der Waals surface area (Å²) in [6, 6.07) is 1.35. The van der Waals surface area contributed by atoms with Crippen molar-refractivity contribution in [1.29, 1.82) is 0 Å². The molecular formula is C22H21ClF6N8O2.